The lowest BCUT2D eigenvalue weighted by molar-refractivity contribution is -1.02. The first-order valence-corrected chi connectivity index (χ1v) is 9.83. The maximum Gasteiger partial charge on any atom is 0.275 e. The Morgan fingerprint density at radius 1 is 0.889 bits per heavy atom. The molecule has 1 saturated heterocycles. The zero-order valence-electron chi connectivity index (χ0n) is 16.0. The molecule has 6 nitrogen and oxygen atoms in total. The van der Waals surface area contributed by atoms with E-state index in [1.54, 1.807) is 4.90 Å². The van der Waals surface area contributed by atoms with Crippen LogP contribution in [0.1, 0.15) is 12.5 Å². The number of benzene rings is 2. The van der Waals surface area contributed by atoms with Crippen molar-refractivity contribution in [1.29, 1.82) is 0 Å². The molecule has 0 unspecified atom stereocenters. The number of fused-ring (bicyclic) bond motifs is 1. The minimum absolute atomic E-state index is 0.0474. The summed E-state index contributed by atoms with van der Waals surface area (Å²) >= 11 is 0. The van der Waals surface area contributed by atoms with Crippen molar-refractivity contribution < 1.29 is 19.4 Å². The lowest BCUT2D eigenvalue weighted by Crippen LogP contribution is -3.28. The van der Waals surface area contributed by atoms with Gasteiger partial charge in [-0.05, 0) is 17.7 Å². The van der Waals surface area contributed by atoms with Gasteiger partial charge in [-0.3, -0.25) is 9.59 Å². The molecule has 0 atom stereocenters. The van der Waals surface area contributed by atoms with Crippen molar-refractivity contribution in [3.05, 3.63) is 48.0 Å². The van der Waals surface area contributed by atoms with Gasteiger partial charge in [0.05, 0.1) is 6.54 Å². The van der Waals surface area contributed by atoms with Gasteiger partial charge < -0.3 is 20.4 Å². The van der Waals surface area contributed by atoms with E-state index in [0.717, 1.165) is 32.7 Å². The molecule has 0 bridgehead atoms. The number of amides is 2. The first-order valence-electron chi connectivity index (χ1n) is 9.83. The lowest BCUT2D eigenvalue weighted by Gasteiger charge is -2.29. The molecule has 6 heteroatoms. The standard InChI is InChI=1S/C21H28N4O2/c1-2-22-20(26)14-23-21(27)16-25-12-10-24(11-13-25)15-18-8-5-7-17-6-3-4-9-19(17)18/h3-9H,2,10-16H2,1H3,(H,22,26)(H,23,27)/p+2. The summed E-state index contributed by atoms with van der Waals surface area (Å²) in [4.78, 5) is 26.3. The quantitative estimate of drug-likeness (QED) is 0.473. The van der Waals surface area contributed by atoms with E-state index in [2.05, 4.69) is 53.1 Å². The smallest absolute Gasteiger partial charge is 0.275 e. The Kier molecular flexibility index (Phi) is 6.79. The van der Waals surface area contributed by atoms with Gasteiger partial charge in [0, 0.05) is 12.1 Å². The molecule has 1 aliphatic rings. The summed E-state index contributed by atoms with van der Waals surface area (Å²) in [6, 6.07) is 15.1. The van der Waals surface area contributed by atoms with Gasteiger partial charge in [0.1, 0.15) is 32.7 Å². The minimum Gasteiger partial charge on any atom is -0.355 e. The van der Waals surface area contributed by atoms with Crippen LogP contribution in [0.2, 0.25) is 0 Å². The second kappa shape index (κ2) is 9.48. The van der Waals surface area contributed by atoms with Crippen LogP contribution in [0.3, 0.4) is 0 Å². The fourth-order valence-corrected chi connectivity index (χ4v) is 3.75. The van der Waals surface area contributed by atoms with Crippen LogP contribution in [0.4, 0.5) is 0 Å². The second-order valence-electron chi connectivity index (χ2n) is 7.22. The Hall–Kier alpha value is -2.44. The molecule has 0 aromatic heterocycles. The number of likely N-dealkylation sites (N-methyl/N-ethyl adjacent to an activating group) is 1. The van der Waals surface area contributed by atoms with Gasteiger partial charge in [0.15, 0.2) is 6.54 Å². The first kappa shape index (κ1) is 19.3. The molecule has 4 N–H and O–H groups in total. The van der Waals surface area contributed by atoms with Crippen molar-refractivity contribution in [3.8, 4) is 0 Å². The number of carbonyl (C=O) groups is 2. The molecule has 1 fully saturated rings. The van der Waals surface area contributed by atoms with Gasteiger partial charge in [-0.15, -0.1) is 0 Å². The van der Waals surface area contributed by atoms with Gasteiger partial charge in [-0.25, -0.2) is 0 Å². The molecule has 2 aromatic carbocycles. The summed E-state index contributed by atoms with van der Waals surface area (Å²) in [5.74, 6) is -0.182. The molecular formula is C21H30N4O2+2. The van der Waals surface area contributed by atoms with Gasteiger partial charge in [-0.2, -0.15) is 0 Å². The third-order valence-corrected chi connectivity index (χ3v) is 5.22. The van der Waals surface area contributed by atoms with E-state index in [4.69, 9.17) is 0 Å². The molecule has 0 saturated carbocycles. The van der Waals surface area contributed by atoms with E-state index >= 15 is 0 Å². The predicted octanol–water partition coefficient (Wildman–Crippen LogP) is -1.62. The molecule has 2 aromatic rings. The molecule has 0 radical (unpaired) electrons. The van der Waals surface area contributed by atoms with E-state index in [1.807, 2.05) is 6.92 Å². The fourth-order valence-electron chi connectivity index (χ4n) is 3.75. The van der Waals surface area contributed by atoms with E-state index < -0.39 is 0 Å². The summed E-state index contributed by atoms with van der Waals surface area (Å²) in [7, 11) is 0. The van der Waals surface area contributed by atoms with E-state index in [1.165, 1.54) is 21.2 Å². The van der Waals surface area contributed by atoms with Gasteiger partial charge in [0.2, 0.25) is 5.91 Å². The number of quaternary nitrogens is 2. The van der Waals surface area contributed by atoms with Crippen LogP contribution in [-0.4, -0.2) is 57.6 Å². The van der Waals surface area contributed by atoms with Crippen LogP contribution in [0.5, 0.6) is 0 Å². The molecule has 0 aliphatic carbocycles. The molecular weight excluding hydrogens is 340 g/mol. The van der Waals surface area contributed by atoms with E-state index in [9.17, 15) is 9.59 Å². The normalized spacial score (nSPS) is 19.6. The highest BCUT2D eigenvalue weighted by Gasteiger charge is 2.25. The SMILES string of the molecule is CCNC(=O)CNC(=O)C[NH+]1CC[NH+](Cc2cccc3ccccc23)CC1. The Bertz CT molecular complexity index is 779. The van der Waals surface area contributed by atoms with Crippen LogP contribution in [0.15, 0.2) is 42.5 Å². The van der Waals surface area contributed by atoms with Crippen LogP contribution in [0, 0.1) is 0 Å². The molecule has 144 valence electrons. The lowest BCUT2D eigenvalue weighted by atomic mass is 10.0. The highest BCUT2D eigenvalue weighted by Crippen LogP contribution is 2.17. The van der Waals surface area contributed by atoms with Crippen LogP contribution in [0.25, 0.3) is 10.8 Å². The monoisotopic (exact) mass is 370 g/mol. The van der Waals surface area contributed by atoms with Gasteiger partial charge >= 0.3 is 0 Å². The summed E-state index contributed by atoms with van der Waals surface area (Å²) < 4.78 is 0. The topological polar surface area (TPSA) is 67.1 Å². The second-order valence-corrected chi connectivity index (χ2v) is 7.22. The van der Waals surface area contributed by atoms with Crippen molar-refractivity contribution in [3.63, 3.8) is 0 Å². The third kappa shape index (κ3) is 5.52. The van der Waals surface area contributed by atoms with Crippen LogP contribution in [-0.2, 0) is 16.1 Å². The van der Waals surface area contributed by atoms with Crippen LogP contribution >= 0.6 is 0 Å². The summed E-state index contributed by atoms with van der Waals surface area (Å²) in [6.45, 7) is 8.07. The Morgan fingerprint density at radius 3 is 2.37 bits per heavy atom. The molecule has 0 spiro atoms. The molecule has 3 rings (SSSR count). The van der Waals surface area contributed by atoms with E-state index in [0.29, 0.717) is 13.1 Å². The number of piperazine rings is 1. The molecule has 1 heterocycles. The molecule has 27 heavy (non-hydrogen) atoms. The third-order valence-electron chi connectivity index (χ3n) is 5.22. The highest BCUT2D eigenvalue weighted by atomic mass is 16.2. The minimum atomic E-state index is -0.134. The Balaban J connectivity index is 1.45. The average Bonchev–Trinajstić information content (AvgIpc) is 2.68. The zero-order chi connectivity index (χ0) is 19.1. The van der Waals surface area contributed by atoms with Crippen molar-refractivity contribution in [1.82, 2.24) is 10.6 Å². The van der Waals surface area contributed by atoms with E-state index in [-0.39, 0.29) is 18.4 Å². The number of rotatable bonds is 7. The molecule has 1 aliphatic heterocycles. The maximum atomic E-state index is 12.0. The molecule has 2 amide bonds. The van der Waals surface area contributed by atoms with Gasteiger partial charge in [0.25, 0.3) is 5.91 Å². The summed E-state index contributed by atoms with van der Waals surface area (Å²) in [6.07, 6.45) is 0. The maximum absolute atomic E-state index is 12.0. The predicted molar refractivity (Wildman–Crippen MR) is 106 cm³/mol. The summed E-state index contributed by atoms with van der Waals surface area (Å²) in [5, 5.41) is 8.02. The summed E-state index contributed by atoms with van der Waals surface area (Å²) in [5.41, 5.74) is 1.39. The van der Waals surface area contributed by atoms with Crippen molar-refractivity contribution in [2.75, 3.05) is 45.8 Å². The van der Waals surface area contributed by atoms with Crippen molar-refractivity contribution in [2.24, 2.45) is 0 Å². The van der Waals surface area contributed by atoms with Gasteiger partial charge in [-0.1, -0.05) is 42.5 Å². The Labute approximate surface area is 160 Å². The largest absolute Gasteiger partial charge is 0.355 e. The van der Waals surface area contributed by atoms with Crippen molar-refractivity contribution in [2.45, 2.75) is 13.5 Å². The highest BCUT2D eigenvalue weighted by molar-refractivity contribution is 5.85. The van der Waals surface area contributed by atoms with Crippen LogP contribution < -0.4 is 20.4 Å². The first-order chi connectivity index (χ1) is 13.2. The zero-order valence-corrected chi connectivity index (χ0v) is 16.0. The number of nitrogens with one attached hydrogen (secondary N) is 4. The Morgan fingerprint density at radius 2 is 1.59 bits per heavy atom. The number of carbonyl (C=O) groups excluding carboxylic acids is 2. The van der Waals surface area contributed by atoms with Crippen molar-refractivity contribution >= 4 is 22.6 Å². The number of hydrogen-bond donors (Lipinski definition) is 4. The number of hydrogen-bond acceptors (Lipinski definition) is 2. The fraction of sp³-hybridized carbons (Fsp3) is 0.429. The average molecular weight is 370 g/mol.